The molecule has 0 radical (unpaired) electrons. The minimum absolute atomic E-state index is 0.00235. The Morgan fingerprint density at radius 1 is 1.12 bits per heavy atom. The molecule has 2 aliphatic heterocycles. The first-order valence-corrected chi connectivity index (χ1v) is 12.5. The van der Waals surface area contributed by atoms with Gasteiger partial charge in [-0.15, -0.1) is 10.2 Å². The largest absolute Gasteiger partial charge is 0.490 e. The Hall–Kier alpha value is -2.88. The molecule has 1 N–H and O–H groups in total. The van der Waals surface area contributed by atoms with E-state index in [-0.39, 0.29) is 17.9 Å². The summed E-state index contributed by atoms with van der Waals surface area (Å²) in [7, 11) is 0. The van der Waals surface area contributed by atoms with Crippen molar-refractivity contribution >= 4 is 33.4 Å². The number of rotatable bonds is 10. The maximum Gasteiger partial charge on any atom is 0.242 e. The molecule has 1 aromatic heterocycles. The van der Waals surface area contributed by atoms with E-state index in [2.05, 4.69) is 15.5 Å². The SMILES string of the molecule is CCOc1ccc(CCNC(=O)C2CCCN2c2nnc(N3CCCC3=O)s2)cc1OCC. The van der Waals surface area contributed by atoms with Gasteiger partial charge in [-0.3, -0.25) is 14.5 Å². The molecule has 0 aliphatic carbocycles. The zero-order valence-corrected chi connectivity index (χ0v) is 20.0. The third-order valence-electron chi connectivity index (χ3n) is 5.83. The first kappa shape index (κ1) is 23.3. The van der Waals surface area contributed by atoms with E-state index in [9.17, 15) is 9.59 Å². The van der Waals surface area contributed by atoms with Gasteiger partial charge in [-0.2, -0.15) is 0 Å². The summed E-state index contributed by atoms with van der Waals surface area (Å²) < 4.78 is 11.3. The molecule has 2 fully saturated rings. The van der Waals surface area contributed by atoms with Crippen molar-refractivity contribution in [2.24, 2.45) is 0 Å². The fourth-order valence-corrected chi connectivity index (χ4v) is 5.22. The van der Waals surface area contributed by atoms with Gasteiger partial charge in [0.15, 0.2) is 11.5 Å². The van der Waals surface area contributed by atoms with Gasteiger partial charge in [0.1, 0.15) is 6.04 Å². The van der Waals surface area contributed by atoms with Crippen molar-refractivity contribution in [1.82, 2.24) is 15.5 Å². The molecule has 178 valence electrons. The molecule has 0 bridgehead atoms. The molecule has 2 saturated heterocycles. The smallest absolute Gasteiger partial charge is 0.242 e. The number of hydrogen-bond donors (Lipinski definition) is 1. The van der Waals surface area contributed by atoms with Crippen LogP contribution in [0.4, 0.5) is 10.3 Å². The number of hydrogen-bond acceptors (Lipinski definition) is 8. The number of nitrogens with one attached hydrogen (secondary N) is 1. The minimum atomic E-state index is -0.264. The highest BCUT2D eigenvalue weighted by Crippen LogP contribution is 2.34. The summed E-state index contributed by atoms with van der Waals surface area (Å²) in [6, 6.07) is 5.64. The molecule has 2 amide bonds. The molecule has 4 rings (SSSR count). The highest BCUT2D eigenvalue weighted by molar-refractivity contribution is 7.19. The van der Waals surface area contributed by atoms with E-state index >= 15 is 0 Å². The van der Waals surface area contributed by atoms with E-state index in [1.165, 1.54) is 11.3 Å². The Kier molecular flexibility index (Phi) is 7.64. The van der Waals surface area contributed by atoms with Crippen molar-refractivity contribution in [1.29, 1.82) is 0 Å². The lowest BCUT2D eigenvalue weighted by atomic mass is 10.1. The highest BCUT2D eigenvalue weighted by atomic mass is 32.1. The van der Waals surface area contributed by atoms with Gasteiger partial charge in [0.2, 0.25) is 22.1 Å². The van der Waals surface area contributed by atoms with Gasteiger partial charge in [-0.1, -0.05) is 17.4 Å². The molecular weight excluding hydrogens is 442 g/mol. The van der Waals surface area contributed by atoms with Gasteiger partial charge < -0.3 is 19.7 Å². The van der Waals surface area contributed by atoms with E-state index < -0.39 is 0 Å². The second-order valence-corrected chi connectivity index (χ2v) is 8.99. The van der Waals surface area contributed by atoms with Crippen LogP contribution in [0, 0.1) is 0 Å². The van der Waals surface area contributed by atoms with Crippen LogP contribution >= 0.6 is 11.3 Å². The number of nitrogens with zero attached hydrogens (tertiary/aromatic N) is 4. The molecule has 0 saturated carbocycles. The van der Waals surface area contributed by atoms with E-state index in [4.69, 9.17) is 9.47 Å². The molecular formula is C23H31N5O4S. The minimum Gasteiger partial charge on any atom is -0.490 e. The van der Waals surface area contributed by atoms with E-state index in [0.29, 0.717) is 49.4 Å². The zero-order chi connectivity index (χ0) is 23.2. The molecule has 1 aromatic carbocycles. The number of benzene rings is 1. The van der Waals surface area contributed by atoms with Crippen molar-refractivity contribution in [3.05, 3.63) is 23.8 Å². The van der Waals surface area contributed by atoms with Crippen LogP contribution in [0.1, 0.15) is 45.1 Å². The van der Waals surface area contributed by atoms with Crippen molar-refractivity contribution in [3.8, 4) is 11.5 Å². The number of carbonyl (C=O) groups is 2. The van der Waals surface area contributed by atoms with Gasteiger partial charge >= 0.3 is 0 Å². The number of amides is 2. The lowest BCUT2D eigenvalue weighted by molar-refractivity contribution is -0.122. The van der Waals surface area contributed by atoms with Crippen LogP contribution in [0.2, 0.25) is 0 Å². The predicted octanol–water partition coefficient (Wildman–Crippen LogP) is 2.79. The lowest BCUT2D eigenvalue weighted by Gasteiger charge is -2.22. The summed E-state index contributed by atoms with van der Waals surface area (Å²) in [5.74, 6) is 1.56. The molecule has 1 unspecified atom stereocenters. The average molecular weight is 474 g/mol. The monoisotopic (exact) mass is 473 g/mol. The highest BCUT2D eigenvalue weighted by Gasteiger charge is 2.34. The Morgan fingerprint density at radius 3 is 2.67 bits per heavy atom. The molecule has 2 aliphatic rings. The van der Waals surface area contributed by atoms with Crippen LogP contribution in [0.5, 0.6) is 11.5 Å². The predicted molar refractivity (Wildman–Crippen MR) is 127 cm³/mol. The van der Waals surface area contributed by atoms with E-state index in [1.807, 2.05) is 36.9 Å². The second kappa shape index (κ2) is 10.8. The zero-order valence-electron chi connectivity index (χ0n) is 19.2. The number of carbonyl (C=O) groups excluding carboxylic acids is 2. The summed E-state index contributed by atoms with van der Waals surface area (Å²) in [5, 5.41) is 12.9. The number of aromatic nitrogens is 2. The summed E-state index contributed by atoms with van der Waals surface area (Å²) >= 11 is 1.39. The number of ether oxygens (including phenoxy) is 2. The number of anilines is 2. The quantitative estimate of drug-likeness (QED) is 0.567. The van der Waals surface area contributed by atoms with Crippen molar-refractivity contribution in [2.75, 3.05) is 42.6 Å². The van der Waals surface area contributed by atoms with Crippen LogP contribution < -0.4 is 24.6 Å². The second-order valence-electron chi connectivity index (χ2n) is 8.06. The Morgan fingerprint density at radius 2 is 1.91 bits per heavy atom. The van der Waals surface area contributed by atoms with Gasteiger partial charge in [-0.05, 0) is 57.2 Å². The maximum absolute atomic E-state index is 12.9. The van der Waals surface area contributed by atoms with Gasteiger partial charge in [0.25, 0.3) is 0 Å². The molecule has 0 spiro atoms. The molecule has 2 aromatic rings. The van der Waals surface area contributed by atoms with Crippen molar-refractivity contribution < 1.29 is 19.1 Å². The summed E-state index contributed by atoms with van der Waals surface area (Å²) in [4.78, 5) is 28.6. The summed E-state index contributed by atoms with van der Waals surface area (Å²) in [6.07, 6.45) is 3.81. The van der Waals surface area contributed by atoms with Crippen LogP contribution in [0.3, 0.4) is 0 Å². The first-order valence-electron chi connectivity index (χ1n) is 11.7. The fourth-order valence-electron chi connectivity index (χ4n) is 4.25. The molecule has 33 heavy (non-hydrogen) atoms. The average Bonchev–Trinajstić information content (AvgIpc) is 3.55. The molecule has 9 nitrogen and oxygen atoms in total. The Bertz CT molecular complexity index is 982. The van der Waals surface area contributed by atoms with Gasteiger partial charge in [0, 0.05) is 26.1 Å². The maximum atomic E-state index is 12.9. The topological polar surface area (TPSA) is 96.9 Å². The molecule has 3 heterocycles. The Labute approximate surface area is 198 Å². The first-order chi connectivity index (χ1) is 16.1. The standard InChI is InChI=1S/C23H31N5O4S/c1-3-31-18-10-9-16(15-19(18)32-4-2)11-12-24-21(30)17-7-5-13-27(17)22-25-26-23(33-22)28-14-6-8-20(28)29/h9-10,15,17H,3-8,11-14H2,1-2H3,(H,24,30). The summed E-state index contributed by atoms with van der Waals surface area (Å²) in [5.41, 5.74) is 1.08. The summed E-state index contributed by atoms with van der Waals surface area (Å²) in [6.45, 7) is 7.02. The van der Waals surface area contributed by atoms with Gasteiger partial charge in [0.05, 0.1) is 13.2 Å². The van der Waals surface area contributed by atoms with E-state index in [0.717, 1.165) is 42.9 Å². The lowest BCUT2D eigenvalue weighted by Crippen LogP contribution is -2.44. The fraction of sp³-hybridized carbons (Fsp3) is 0.565. The molecule has 10 heteroatoms. The molecule has 1 atom stereocenters. The third kappa shape index (κ3) is 5.38. The van der Waals surface area contributed by atoms with Crippen molar-refractivity contribution in [3.63, 3.8) is 0 Å². The van der Waals surface area contributed by atoms with E-state index in [1.54, 1.807) is 4.90 Å². The van der Waals surface area contributed by atoms with Gasteiger partial charge in [-0.25, -0.2) is 0 Å². The Balaban J connectivity index is 1.33. The third-order valence-corrected chi connectivity index (χ3v) is 6.81. The van der Waals surface area contributed by atoms with Crippen LogP contribution in [0.25, 0.3) is 0 Å². The normalized spacial score (nSPS) is 18.1. The van der Waals surface area contributed by atoms with Crippen molar-refractivity contribution in [2.45, 2.75) is 52.0 Å². The van der Waals surface area contributed by atoms with Crippen LogP contribution in [-0.2, 0) is 16.0 Å². The van der Waals surface area contributed by atoms with Crippen LogP contribution in [-0.4, -0.2) is 60.9 Å². The van der Waals surface area contributed by atoms with Crippen LogP contribution in [0.15, 0.2) is 18.2 Å².